The summed E-state index contributed by atoms with van der Waals surface area (Å²) in [6.45, 7) is 0. The Balaban J connectivity index is 2.35. The molecule has 0 bridgehead atoms. The van der Waals surface area contributed by atoms with Crippen molar-refractivity contribution in [2.24, 2.45) is 0 Å². The summed E-state index contributed by atoms with van der Waals surface area (Å²) in [6.07, 6.45) is 1.35. The molecule has 1 aliphatic rings. The molecule has 0 aromatic heterocycles. The van der Waals surface area contributed by atoms with Crippen molar-refractivity contribution in [3.05, 3.63) is 0 Å². The maximum absolute atomic E-state index is 9.84. The Morgan fingerprint density at radius 2 is 2.86 bits per heavy atom. The van der Waals surface area contributed by atoms with Crippen LogP contribution >= 0.6 is 0 Å². The van der Waals surface area contributed by atoms with Crippen LogP contribution in [0.5, 0.6) is 0 Å². The Labute approximate surface area is 42.4 Å². The van der Waals surface area contributed by atoms with E-state index in [0.29, 0.717) is 0 Å². The summed E-state index contributed by atoms with van der Waals surface area (Å²) in [5.74, 6) is 1.83. The van der Waals surface area contributed by atoms with Gasteiger partial charge in [-0.1, -0.05) is 0 Å². The average molecular weight is 95.9 g/mol. The van der Waals surface area contributed by atoms with Crippen LogP contribution in [0.15, 0.2) is 0 Å². The Morgan fingerprint density at radius 3 is 3.14 bits per heavy atom. The minimum atomic E-state index is -0.194. The van der Waals surface area contributed by atoms with E-state index < -0.39 is 0 Å². The molecule has 3 heteroatoms. The average Bonchev–Trinajstić information content (AvgIpc) is 2.14. The molecule has 0 amide bonds. The van der Waals surface area contributed by atoms with Crippen molar-refractivity contribution in [1.82, 2.24) is 0 Å². The first-order valence-electron chi connectivity index (χ1n) is 2.19. The van der Waals surface area contributed by atoms with Crippen LogP contribution < -0.4 is 0 Å². The van der Waals surface area contributed by atoms with Crippen LogP contribution in [0.25, 0.3) is 0 Å². The van der Waals surface area contributed by atoms with Gasteiger partial charge in [0.05, 0.1) is 0 Å². The van der Waals surface area contributed by atoms with Gasteiger partial charge in [0.1, 0.15) is 0 Å². The van der Waals surface area contributed by atoms with Crippen molar-refractivity contribution in [1.29, 1.82) is 0 Å². The number of rotatable bonds is 1. The molecule has 0 fully saturated rings. The third-order valence-electron chi connectivity index (χ3n) is 0.870. The van der Waals surface area contributed by atoms with E-state index in [4.69, 9.17) is 4.65 Å². The van der Waals surface area contributed by atoms with Gasteiger partial charge in [0, 0.05) is 0 Å². The zero-order valence-electron chi connectivity index (χ0n) is 3.83. The van der Waals surface area contributed by atoms with Gasteiger partial charge < -0.3 is 0 Å². The van der Waals surface area contributed by atoms with E-state index in [2.05, 4.69) is 0 Å². The van der Waals surface area contributed by atoms with Crippen molar-refractivity contribution in [3.63, 3.8) is 0 Å². The minimum absolute atomic E-state index is 0.194. The molecule has 0 aromatic carbocycles. The molecule has 1 atom stereocenters. The predicted molar refractivity (Wildman–Crippen MR) is 27.4 cm³/mol. The SMILES string of the molecule is O=CC1CC=BO1. The molecule has 0 N–H and O–H groups in total. The molecule has 0 aromatic rings. The van der Waals surface area contributed by atoms with E-state index in [-0.39, 0.29) is 6.10 Å². The molecular weight excluding hydrogens is 90.9 g/mol. The van der Waals surface area contributed by atoms with Gasteiger partial charge in [-0.05, 0) is 0 Å². The summed E-state index contributed by atoms with van der Waals surface area (Å²) < 4.78 is 4.75. The molecule has 2 nitrogen and oxygen atoms in total. The van der Waals surface area contributed by atoms with E-state index >= 15 is 0 Å². The first-order chi connectivity index (χ1) is 3.43. The molecule has 0 saturated heterocycles. The normalized spacial score (nSPS) is 26.0. The maximum atomic E-state index is 9.84. The fraction of sp³-hybridized carbons (Fsp3) is 0.500. The summed E-state index contributed by atoms with van der Waals surface area (Å²) in [4.78, 5) is 9.84. The molecule has 0 saturated carbocycles. The van der Waals surface area contributed by atoms with Gasteiger partial charge in [-0.2, -0.15) is 0 Å². The van der Waals surface area contributed by atoms with E-state index in [0.717, 1.165) is 12.7 Å². The zero-order valence-corrected chi connectivity index (χ0v) is 3.83. The van der Waals surface area contributed by atoms with Crippen LogP contribution in [0.3, 0.4) is 0 Å². The summed E-state index contributed by atoms with van der Waals surface area (Å²) >= 11 is 0. The van der Waals surface area contributed by atoms with Gasteiger partial charge in [-0.15, -0.1) is 0 Å². The predicted octanol–water partition coefficient (Wildman–Crippen LogP) is -0.604. The molecule has 36 valence electrons. The van der Waals surface area contributed by atoms with Crippen molar-refractivity contribution in [2.75, 3.05) is 0 Å². The van der Waals surface area contributed by atoms with Crippen molar-refractivity contribution < 1.29 is 9.45 Å². The summed E-state index contributed by atoms with van der Waals surface area (Å²) in [5.41, 5.74) is 0. The fourth-order valence-corrected chi connectivity index (χ4v) is 0.489. The van der Waals surface area contributed by atoms with Crippen LogP contribution in [0.4, 0.5) is 0 Å². The monoisotopic (exact) mass is 96.0 g/mol. The summed E-state index contributed by atoms with van der Waals surface area (Å²) in [6, 6.07) is 0. The Hall–Kier alpha value is -0.595. The molecule has 1 heterocycles. The van der Waals surface area contributed by atoms with Gasteiger partial charge in [0.25, 0.3) is 0 Å². The number of carbonyl (C=O) groups is 1. The number of hydrogen-bond donors (Lipinski definition) is 0. The molecule has 1 unspecified atom stereocenters. The third kappa shape index (κ3) is 0.887. The molecular formula is C4H5BO2. The second-order valence-corrected chi connectivity index (χ2v) is 1.42. The van der Waals surface area contributed by atoms with Gasteiger partial charge >= 0.3 is 41.3 Å². The van der Waals surface area contributed by atoms with Crippen LogP contribution in [0.2, 0.25) is 0 Å². The topological polar surface area (TPSA) is 26.3 Å². The fourth-order valence-electron chi connectivity index (χ4n) is 0.489. The number of carbonyl (C=O) groups excluding carboxylic acids is 1. The van der Waals surface area contributed by atoms with Gasteiger partial charge in [0.15, 0.2) is 0 Å². The van der Waals surface area contributed by atoms with Crippen molar-refractivity contribution in [3.8, 4) is 0 Å². The van der Waals surface area contributed by atoms with E-state index in [9.17, 15) is 4.79 Å². The molecule has 1 aliphatic heterocycles. The second-order valence-electron chi connectivity index (χ2n) is 1.42. The number of hydrogen-bond acceptors (Lipinski definition) is 2. The quantitative estimate of drug-likeness (QED) is 0.321. The van der Waals surface area contributed by atoms with Crippen LogP contribution in [-0.4, -0.2) is 25.5 Å². The van der Waals surface area contributed by atoms with Gasteiger partial charge in [-0.25, -0.2) is 0 Å². The van der Waals surface area contributed by atoms with Crippen LogP contribution in [-0.2, 0) is 9.45 Å². The second kappa shape index (κ2) is 1.91. The first kappa shape index (κ1) is 4.56. The molecule has 1 rings (SSSR count). The Bertz CT molecular complexity index is 91.9. The van der Waals surface area contributed by atoms with Crippen molar-refractivity contribution in [2.45, 2.75) is 12.5 Å². The standard InChI is InChI=1S/C4H5BO2/c6-3-4-1-2-5-7-4/h2-4H,1H2. The molecule has 0 radical (unpaired) electrons. The molecule has 7 heavy (non-hydrogen) atoms. The number of aldehydes is 1. The third-order valence-corrected chi connectivity index (χ3v) is 0.870. The van der Waals surface area contributed by atoms with Gasteiger partial charge in [0.2, 0.25) is 0 Å². The Morgan fingerprint density at radius 1 is 2.00 bits per heavy atom. The molecule has 0 aliphatic carbocycles. The first-order valence-corrected chi connectivity index (χ1v) is 2.19. The summed E-state index contributed by atoms with van der Waals surface area (Å²) in [5, 5.41) is 0. The zero-order chi connectivity index (χ0) is 5.11. The molecule has 0 spiro atoms. The van der Waals surface area contributed by atoms with E-state index in [1.807, 2.05) is 5.97 Å². The summed E-state index contributed by atoms with van der Waals surface area (Å²) in [7, 11) is 1.55. The van der Waals surface area contributed by atoms with Crippen LogP contribution in [0, 0.1) is 0 Å². The van der Waals surface area contributed by atoms with Gasteiger partial charge in [-0.3, -0.25) is 0 Å². The van der Waals surface area contributed by atoms with Crippen LogP contribution in [0.1, 0.15) is 6.42 Å². The van der Waals surface area contributed by atoms with E-state index in [1.165, 1.54) is 0 Å². The Kier molecular flexibility index (Phi) is 1.25. The van der Waals surface area contributed by atoms with Crippen molar-refractivity contribution >= 4 is 19.4 Å². The van der Waals surface area contributed by atoms with E-state index in [1.54, 1.807) is 7.12 Å².